The van der Waals surface area contributed by atoms with Crippen LogP contribution in [0.25, 0.3) is 0 Å². The largest absolute Gasteiger partial charge is 0.366 e. The number of hydrogen-bond donors (Lipinski definition) is 2. The van der Waals surface area contributed by atoms with Crippen molar-refractivity contribution in [2.45, 2.75) is 44.7 Å². The lowest BCUT2D eigenvalue weighted by atomic mass is 10.1. The Labute approximate surface area is 141 Å². The molecule has 1 atom stereocenters. The summed E-state index contributed by atoms with van der Waals surface area (Å²) >= 11 is 0. The first kappa shape index (κ1) is 16.5. The summed E-state index contributed by atoms with van der Waals surface area (Å²) < 4.78 is 0. The zero-order valence-corrected chi connectivity index (χ0v) is 13.7. The third kappa shape index (κ3) is 3.58. The van der Waals surface area contributed by atoms with Crippen LogP contribution in [0.5, 0.6) is 0 Å². The lowest BCUT2D eigenvalue weighted by Gasteiger charge is -2.23. The summed E-state index contributed by atoms with van der Waals surface area (Å²) in [5.74, 6) is -0.778. The van der Waals surface area contributed by atoms with Crippen molar-refractivity contribution in [3.8, 4) is 0 Å². The number of nitrogens with two attached hydrogens (primary N) is 1. The quantitative estimate of drug-likeness (QED) is 0.850. The molecule has 6 nitrogen and oxygen atoms in total. The van der Waals surface area contributed by atoms with E-state index < -0.39 is 5.91 Å². The van der Waals surface area contributed by atoms with Crippen molar-refractivity contribution in [1.29, 1.82) is 0 Å². The molecule has 6 heteroatoms. The molecular weight excluding hydrogens is 306 g/mol. The van der Waals surface area contributed by atoms with E-state index in [1.54, 1.807) is 18.2 Å². The van der Waals surface area contributed by atoms with E-state index in [4.69, 9.17) is 5.73 Å². The van der Waals surface area contributed by atoms with Crippen LogP contribution in [0.15, 0.2) is 24.3 Å². The van der Waals surface area contributed by atoms with Crippen LogP contribution in [0.3, 0.4) is 0 Å². The van der Waals surface area contributed by atoms with Gasteiger partial charge in [0.2, 0.25) is 17.7 Å². The van der Waals surface area contributed by atoms with Crippen molar-refractivity contribution in [3.63, 3.8) is 0 Å². The van der Waals surface area contributed by atoms with Gasteiger partial charge in [-0.2, -0.15) is 0 Å². The van der Waals surface area contributed by atoms with Crippen LogP contribution in [-0.2, 0) is 16.1 Å². The van der Waals surface area contributed by atoms with Crippen LogP contribution in [-0.4, -0.2) is 35.2 Å². The Morgan fingerprint density at radius 2 is 2.00 bits per heavy atom. The fourth-order valence-electron chi connectivity index (χ4n) is 3.64. The van der Waals surface area contributed by atoms with Gasteiger partial charge in [0.05, 0.1) is 5.92 Å². The molecule has 1 saturated carbocycles. The number of nitrogens with one attached hydrogen (secondary N) is 1. The Balaban J connectivity index is 1.55. The lowest BCUT2D eigenvalue weighted by molar-refractivity contribution is -0.130. The van der Waals surface area contributed by atoms with Gasteiger partial charge in [0.1, 0.15) is 0 Å². The van der Waals surface area contributed by atoms with Gasteiger partial charge in [-0.1, -0.05) is 25.0 Å². The van der Waals surface area contributed by atoms with Gasteiger partial charge in [-0.25, -0.2) is 0 Å². The fourth-order valence-corrected chi connectivity index (χ4v) is 3.64. The standard InChI is InChI=1S/C18H23N3O3/c19-17(23)13-5-3-4-12(8-13)10-20-18(24)14-9-16(22)21(11-14)15-6-1-2-7-15/h3-5,8,14-15H,1-2,6-7,9-11H2,(H2,19,23)(H,20,24)/t14-/m1/s1. The van der Waals surface area contributed by atoms with E-state index in [1.165, 1.54) is 12.8 Å². The van der Waals surface area contributed by atoms with Gasteiger partial charge in [0.25, 0.3) is 0 Å². The summed E-state index contributed by atoms with van der Waals surface area (Å²) in [6, 6.07) is 7.21. The van der Waals surface area contributed by atoms with Gasteiger partial charge in [-0.05, 0) is 30.5 Å². The first-order valence-electron chi connectivity index (χ1n) is 8.50. The minimum Gasteiger partial charge on any atom is -0.366 e. The van der Waals surface area contributed by atoms with Gasteiger partial charge >= 0.3 is 0 Å². The molecule has 1 heterocycles. The highest BCUT2D eigenvalue weighted by atomic mass is 16.2. The molecule has 2 aliphatic rings. The molecule has 0 spiro atoms. The normalized spacial score (nSPS) is 21.2. The van der Waals surface area contributed by atoms with E-state index in [0.717, 1.165) is 18.4 Å². The van der Waals surface area contributed by atoms with Crippen LogP contribution >= 0.6 is 0 Å². The number of amides is 3. The first-order chi connectivity index (χ1) is 11.5. The van der Waals surface area contributed by atoms with E-state index in [0.29, 0.717) is 31.1 Å². The number of primary amides is 1. The Morgan fingerprint density at radius 1 is 1.25 bits per heavy atom. The summed E-state index contributed by atoms with van der Waals surface area (Å²) in [5.41, 5.74) is 6.50. The maximum absolute atomic E-state index is 12.4. The molecule has 1 aromatic rings. The predicted octanol–water partition coefficient (Wildman–Crippen LogP) is 1.19. The van der Waals surface area contributed by atoms with Crippen LogP contribution in [0.1, 0.15) is 48.0 Å². The van der Waals surface area contributed by atoms with Crippen molar-refractivity contribution in [2.24, 2.45) is 11.7 Å². The third-order valence-electron chi connectivity index (χ3n) is 4.97. The molecule has 128 valence electrons. The van der Waals surface area contributed by atoms with Crippen molar-refractivity contribution in [2.75, 3.05) is 6.54 Å². The second kappa shape index (κ2) is 7.03. The molecule has 3 amide bonds. The number of benzene rings is 1. The maximum Gasteiger partial charge on any atom is 0.248 e. The summed E-state index contributed by atoms with van der Waals surface area (Å²) in [6.07, 6.45) is 4.74. The topological polar surface area (TPSA) is 92.5 Å². The highest BCUT2D eigenvalue weighted by Gasteiger charge is 2.38. The van der Waals surface area contributed by atoms with Gasteiger partial charge in [-0.3, -0.25) is 14.4 Å². The van der Waals surface area contributed by atoms with Crippen molar-refractivity contribution in [3.05, 3.63) is 35.4 Å². The molecular formula is C18H23N3O3. The Kier molecular flexibility index (Phi) is 4.83. The van der Waals surface area contributed by atoms with Crippen LogP contribution in [0, 0.1) is 5.92 Å². The first-order valence-corrected chi connectivity index (χ1v) is 8.50. The molecule has 1 saturated heterocycles. The predicted molar refractivity (Wildman–Crippen MR) is 88.9 cm³/mol. The summed E-state index contributed by atoms with van der Waals surface area (Å²) in [6.45, 7) is 0.852. The number of rotatable bonds is 5. The second-order valence-electron chi connectivity index (χ2n) is 6.67. The molecule has 24 heavy (non-hydrogen) atoms. The molecule has 0 aromatic heterocycles. The Bertz CT molecular complexity index is 653. The maximum atomic E-state index is 12.4. The average molecular weight is 329 g/mol. The number of carbonyl (C=O) groups is 3. The van der Waals surface area contributed by atoms with Crippen molar-refractivity contribution < 1.29 is 14.4 Å². The third-order valence-corrected chi connectivity index (χ3v) is 4.97. The number of nitrogens with zero attached hydrogens (tertiary/aromatic N) is 1. The number of hydrogen-bond acceptors (Lipinski definition) is 3. The number of carbonyl (C=O) groups excluding carboxylic acids is 3. The summed E-state index contributed by atoms with van der Waals surface area (Å²) in [5, 5.41) is 2.87. The van der Waals surface area contributed by atoms with E-state index >= 15 is 0 Å². The van der Waals surface area contributed by atoms with E-state index in [9.17, 15) is 14.4 Å². The van der Waals surface area contributed by atoms with Crippen molar-refractivity contribution in [1.82, 2.24) is 10.2 Å². The Morgan fingerprint density at radius 3 is 2.71 bits per heavy atom. The van der Waals surface area contributed by atoms with E-state index in [2.05, 4.69) is 5.32 Å². The van der Waals surface area contributed by atoms with Crippen LogP contribution < -0.4 is 11.1 Å². The molecule has 2 fully saturated rings. The van der Waals surface area contributed by atoms with Gasteiger partial charge in [0, 0.05) is 31.1 Å². The van der Waals surface area contributed by atoms with Gasteiger partial charge in [-0.15, -0.1) is 0 Å². The van der Waals surface area contributed by atoms with E-state index in [1.807, 2.05) is 11.0 Å². The molecule has 3 N–H and O–H groups in total. The molecule has 1 aromatic carbocycles. The molecule has 0 bridgehead atoms. The van der Waals surface area contributed by atoms with Gasteiger partial charge < -0.3 is 16.0 Å². The van der Waals surface area contributed by atoms with Crippen molar-refractivity contribution >= 4 is 17.7 Å². The number of likely N-dealkylation sites (tertiary alicyclic amines) is 1. The van der Waals surface area contributed by atoms with Gasteiger partial charge in [0.15, 0.2) is 0 Å². The zero-order valence-electron chi connectivity index (χ0n) is 13.7. The lowest BCUT2D eigenvalue weighted by Crippen LogP contribution is -2.36. The smallest absolute Gasteiger partial charge is 0.248 e. The van der Waals surface area contributed by atoms with E-state index in [-0.39, 0.29) is 17.7 Å². The molecule has 0 radical (unpaired) electrons. The minimum absolute atomic E-state index is 0.0952. The molecule has 1 aliphatic carbocycles. The summed E-state index contributed by atoms with van der Waals surface area (Å²) in [4.78, 5) is 37.6. The monoisotopic (exact) mass is 329 g/mol. The highest BCUT2D eigenvalue weighted by molar-refractivity contribution is 5.93. The average Bonchev–Trinajstić information content (AvgIpc) is 3.22. The molecule has 0 unspecified atom stereocenters. The molecule has 3 rings (SSSR count). The fraction of sp³-hybridized carbons (Fsp3) is 0.500. The van der Waals surface area contributed by atoms with Crippen LogP contribution in [0.4, 0.5) is 0 Å². The molecule has 1 aliphatic heterocycles. The minimum atomic E-state index is -0.489. The second-order valence-corrected chi connectivity index (χ2v) is 6.67. The Hall–Kier alpha value is -2.37. The SMILES string of the molecule is NC(=O)c1cccc(CNC(=O)[C@@H]2CC(=O)N(C3CCCC3)C2)c1. The summed E-state index contributed by atoms with van der Waals surface area (Å²) in [7, 11) is 0. The highest BCUT2D eigenvalue weighted by Crippen LogP contribution is 2.29. The van der Waals surface area contributed by atoms with Crippen LogP contribution in [0.2, 0.25) is 0 Å². The zero-order chi connectivity index (χ0) is 17.1.